The first-order chi connectivity index (χ1) is 16.1. The van der Waals surface area contributed by atoms with E-state index in [-0.39, 0.29) is 17.1 Å². The number of benzene rings is 2. The number of aromatic nitrogens is 4. The van der Waals surface area contributed by atoms with Gasteiger partial charge in [0.2, 0.25) is 5.95 Å². The van der Waals surface area contributed by atoms with E-state index in [4.69, 9.17) is 22.3 Å². The van der Waals surface area contributed by atoms with Crippen LogP contribution < -0.4 is 16.4 Å². The molecule has 0 bridgehead atoms. The average molecular weight is 480 g/mol. The van der Waals surface area contributed by atoms with Gasteiger partial charge in [-0.15, -0.1) is 0 Å². The zero-order chi connectivity index (χ0) is 24.5. The minimum atomic E-state index is -0.542. The maximum atomic E-state index is 14.6. The molecule has 0 spiro atoms. The van der Waals surface area contributed by atoms with Crippen molar-refractivity contribution in [3.8, 4) is 22.6 Å². The molecule has 0 aliphatic carbocycles. The maximum Gasteiger partial charge on any atom is 0.323 e. The minimum Gasteiger partial charge on any atom is -0.368 e. The predicted molar refractivity (Wildman–Crippen MR) is 132 cm³/mol. The van der Waals surface area contributed by atoms with Crippen LogP contribution >= 0.6 is 11.6 Å². The van der Waals surface area contributed by atoms with Gasteiger partial charge in [-0.2, -0.15) is 0 Å². The van der Waals surface area contributed by atoms with Crippen molar-refractivity contribution >= 4 is 35.0 Å². The van der Waals surface area contributed by atoms with Crippen LogP contribution in [-0.2, 0) is 5.41 Å². The number of urea groups is 1. The van der Waals surface area contributed by atoms with Crippen LogP contribution in [0.4, 0.5) is 26.5 Å². The predicted octanol–water partition coefficient (Wildman–Crippen LogP) is 5.85. The number of H-pyrrole nitrogens is 1. The molecule has 0 atom stereocenters. The highest BCUT2D eigenvalue weighted by Gasteiger charge is 2.24. The van der Waals surface area contributed by atoms with Gasteiger partial charge in [0, 0.05) is 33.6 Å². The second kappa shape index (κ2) is 9.11. The molecule has 0 saturated carbocycles. The number of aromatic amines is 1. The molecule has 34 heavy (non-hydrogen) atoms. The van der Waals surface area contributed by atoms with Crippen LogP contribution in [0.1, 0.15) is 26.6 Å². The highest BCUT2D eigenvalue weighted by Crippen LogP contribution is 2.34. The van der Waals surface area contributed by atoms with Gasteiger partial charge in [-0.1, -0.05) is 38.4 Å². The van der Waals surface area contributed by atoms with Crippen LogP contribution in [0.2, 0.25) is 5.02 Å². The largest absolute Gasteiger partial charge is 0.368 e. The molecule has 2 aromatic heterocycles. The summed E-state index contributed by atoms with van der Waals surface area (Å²) in [6.45, 7) is 6.02. The Morgan fingerprint density at radius 1 is 1.06 bits per heavy atom. The first-order valence-electron chi connectivity index (χ1n) is 10.4. The number of anilines is 3. The summed E-state index contributed by atoms with van der Waals surface area (Å²) < 4.78 is 14.6. The van der Waals surface area contributed by atoms with E-state index >= 15 is 0 Å². The Morgan fingerprint density at radius 3 is 2.53 bits per heavy atom. The van der Waals surface area contributed by atoms with Crippen molar-refractivity contribution in [1.82, 2.24) is 19.9 Å². The zero-order valence-corrected chi connectivity index (χ0v) is 19.5. The summed E-state index contributed by atoms with van der Waals surface area (Å²) in [6.07, 6.45) is 1.54. The van der Waals surface area contributed by atoms with E-state index in [1.165, 1.54) is 18.3 Å². The molecule has 10 heteroatoms. The molecule has 0 aliphatic heterocycles. The Kier molecular flexibility index (Phi) is 6.21. The lowest BCUT2D eigenvalue weighted by molar-refractivity contribution is 0.262. The summed E-state index contributed by atoms with van der Waals surface area (Å²) >= 11 is 5.96. The van der Waals surface area contributed by atoms with E-state index in [0.29, 0.717) is 39.2 Å². The molecular formula is C24H23ClFN7O. The van der Waals surface area contributed by atoms with Gasteiger partial charge in [-0.3, -0.25) is 0 Å². The van der Waals surface area contributed by atoms with Crippen LogP contribution in [0.5, 0.6) is 0 Å². The smallest absolute Gasteiger partial charge is 0.323 e. The van der Waals surface area contributed by atoms with Crippen LogP contribution in [0, 0.1) is 5.82 Å². The number of halogens is 2. The summed E-state index contributed by atoms with van der Waals surface area (Å²) in [5.74, 6) is 0.255. The van der Waals surface area contributed by atoms with Crippen molar-refractivity contribution in [1.29, 1.82) is 0 Å². The minimum absolute atomic E-state index is 0.106. The van der Waals surface area contributed by atoms with E-state index in [0.717, 1.165) is 0 Å². The Bertz CT molecular complexity index is 1360. The molecule has 2 amide bonds. The van der Waals surface area contributed by atoms with Gasteiger partial charge < -0.3 is 21.4 Å². The number of carbonyl (C=O) groups excluding carboxylic acids is 1. The third-order valence-electron chi connectivity index (χ3n) is 4.86. The second-order valence-corrected chi connectivity index (χ2v) is 9.11. The molecule has 4 aromatic rings. The van der Waals surface area contributed by atoms with E-state index in [2.05, 4.69) is 25.6 Å². The monoisotopic (exact) mass is 479 g/mol. The zero-order valence-electron chi connectivity index (χ0n) is 18.8. The molecule has 0 radical (unpaired) electrons. The average Bonchev–Trinajstić information content (AvgIpc) is 3.19. The Morgan fingerprint density at radius 2 is 1.82 bits per heavy atom. The standard InChI is InChI=1S/C24H23ClFN7O/c1-24(2,3)21-32-19(20(33-21)18-7-8-28-22(27)31-18)13-9-15(26)12-17(10-13)30-23(34)29-16-6-4-5-14(25)11-16/h4-12H,1-3H3,(H,32,33)(H2,27,28,31)(H2,29,30,34). The number of nitrogens with zero attached hydrogens (tertiary/aromatic N) is 3. The lowest BCUT2D eigenvalue weighted by Crippen LogP contribution is -2.19. The van der Waals surface area contributed by atoms with Crippen LogP contribution in [0.15, 0.2) is 54.7 Å². The molecular weight excluding hydrogens is 457 g/mol. The van der Waals surface area contributed by atoms with Gasteiger partial charge in [0.25, 0.3) is 0 Å². The Balaban J connectivity index is 1.71. The molecule has 0 aliphatic rings. The van der Waals surface area contributed by atoms with Crippen molar-refractivity contribution in [2.45, 2.75) is 26.2 Å². The van der Waals surface area contributed by atoms with Crippen molar-refractivity contribution < 1.29 is 9.18 Å². The first kappa shape index (κ1) is 23.2. The Labute approximate surface area is 200 Å². The van der Waals surface area contributed by atoms with E-state index in [1.54, 1.807) is 36.4 Å². The molecule has 0 unspecified atom stereocenters. The first-order valence-corrected chi connectivity index (χ1v) is 10.8. The number of hydrogen-bond donors (Lipinski definition) is 4. The summed E-state index contributed by atoms with van der Waals surface area (Å²) in [4.78, 5) is 28.7. The molecule has 2 heterocycles. The van der Waals surface area contributed by atoms with Gasteiger partial charge >= 0.3 is 6.03 Å². The molecule has 5 N–H and O–H groups in total. The molecule has 0 fully saturated rings. The number of imidazole rings is 1. The van der Waals surface area contributed by atoms with E-state index < -0.39 is 11.8 Å². The van der Waals surface area contributed by atoms with Crippen molar-refractivity contribution in [2.75, 3.05) is 16.4 Å². The van der Waals surface area contributed by atoms with Crippen LogP contribution in [0.3, 0.4) is 0 Å². The molecule has 174 valence electrons. The van der Waals surface area contributed by atoms with Gasteiger partial charge in [-0.25, -0.2) is 24.1 Å². The molecule has 4 rings (SSSR count). The normalized spacial score (nSPS) is 11.3. The maximum absolute atomic E-state index is 14.6. The molecule has 0 saturated heterocycles. The summed E-state index contributed by atoms with van der Waals surface area (Å²) in [6, 6.07) is 12.1. The fraction of sp³-hybridized carbons (Fsp3) is 0.167. The highest BCUT2D eigenvalue weighted by atomic mass is 35.5. The van der Waals surface area contributed by atoms with Crippen LogP contribution in [0.25, 0.3) is 22.6 Å². The van der Waals surface area contributed by atoms with Gasteiger partial charge in [0.15, 0.2) is 0 Å². The number of amides is 2. The van der Waals surface area contributed by atoms with Gasteiger partial charge in [0.1, 0.15) is 11.6 Å². The fourth-order valence-electron chi connectivity index (χ4n) is 3.29. The summed E-state index contributed by atoms with van der Waals surface area (Å²) in [5.41, 5.74) is 8.24. The number of rotatable bonds is 4. The number of carbonyl (C=O) groups is 1. The van der Waals surface area contributed by atoms with Crippen molar-refractivity contribution in [3.05, 3.63) is 71.4 Å². The fourth-order valence-corrected chi connectivity index (χ4v) is 3.48. The molecule has 8 nitrogen and oxygen atoms in total. The van der Waals surface area contributed by atoms with Crippen molar-refractivity contribution in [3.63, 3.8) is 0 Å². The third-order valence-corrected chi connectivity index (χ3v) is 5.09. The van der Waals surface area contributed by atoms with E-state index in [1.807, 2.05) is 20.8 Å². The third kappa shape index (κ3) is 5.32. The SMILES string of the molecule is CC(C)(C)c1nc(-c2cc(F)cc(NC(=O)Nc3cccc(Cl)c3)c2)c(-c2ccnc(N)n2)[nH]1. The molecule has 2 aromatic carbocycles. The van der Waals surface area contributed by atoms with Crippen molar-refractivity contribution in [2.24, 2.45) is 0 Å². The Hall–Kier alpha value is -3.98. The topological polar surface area (TPSA) is 122 Å². The number of nitrogen functional groups attached to an aromatic ring is 1. The number of hydrogen-bond acceptors (Lipinski definition) is 5. The number of nitrogens with one attached hydrogen (secondary N) is 3. The summed E-state index contributed by atoms with van der Waals surface area (Å²) in [5, 5.41) is 5.80. The van der Waals surface area contributed by atoms with Gasteiger partial charge in [0.05, 0.1) is 17.1 Å². The lowest BCUT2D eigenvalue weighted by atomic mass is 9.96. The van der Waals surface area contributed by atoms with E-state index in [9.17, 15) is 9.18 Å². The quantitative estimate of drug-likeness (QED) is 0.292. The van der Waals surface area contributed by atoms with Crippen LogP contribution in [-0.4, -0.2) is 26.0 Å². The summed E-state index contributed by atoms with van der Waals surface area (Å²) in [7, 11) is 0. The van der Waals surface area contributed by atoms with Gasteiger partial charge in [-0.05, 0) is 42.5 Å². The number of nitrogens with two attached hydrogens (primary N) is 1. The highest BCUT2D eigenvalue weighted by molar-refractivity contribution is 6.30. The lowest BCUT2D eigenvalue weighted by Gasteiger charge is -2.14. The second-order valence-electron chi connectivity index (χ2n) is 8.68.